The third-order valence-corrected chi connectivity index (χ3v) is 5.14. The highest BCUT2D eigenvalue weighted by molar-refractivity contribution is 6.33. The van der Waals surface area contributed by atoms with E-state index in [4.69, 9.17) is 21.1 Å². The summed E-state index contributed by atoms with van der Waals surface area (Å²) in [7, 11) is 3.24. The Morgan fingerprint density at radius 3 is 2.86 bits per heavy atom. The first-order valence-corrected chi connectivity index (χ1v) is 7.99. The fraction of sp³-hybridized carbons (Fsp3) is 0.625. The zero-order valence-electron chi connectivity index (χ0n) is 12.7. The van der Waals surface area contributed by atoms with Crippen molar-refractivity contribution in [1.82, 2.24) is 10.2 Å². The number of rotatable bonds is 5. The summed E-state index contributed by atoms with van der Waals surface area (Å²) in [5.74, 6) is 1.29. The van der Waals surface area contributed by atoms with E-state index in [0.29, 0.717) is 28.6 Å². The fourth-order valence-corrected chi connectivity index (χ4v) is 3.93. The summed E-state index contributed by atoms with van der Waals surface area (Å²) in [5.41, 5.74) is 1.06. The zero-order valence-corrected chi connectivity index (χ0v) is 13.4. The maximum Gasteiger partial charge on any atom is 0.179 e. The molecule has 1 aromatic carbocycles. The smallest absolute Gasteiger partial charge is 0.179 e. The lowest BCUT2D eigenvalue weighted by atomic mass is 10.1. The first kappa shape index (κ1) is 14.9. The van der Waals surface area contributed by atoms with Gasteiger partial charge < -0.3 is 14.8 Å². The Morgan fingerprint density at radius 2 is 2.10 bits per heavy atom. The van der Waals surface area contributed by atoms with Gasteiger partial charge in [0.25, 0.3) is 0 Å². The van der Waals surface area contributed by atoms with Crippen molar-refractivity contribution in [2.75, 3.05) is 27.3 Å². The summed E-state index contributed by atoms with van der Waals surface area (Å²) in [6, 6.07) is 5.22. The van der Waals surface area contributed by atoms with Crippen LogP contribution >= 0.6 is 11.6 Å². The number of ether oxygens (including phenoxy) is 2. The Morgan fingerprint density at radius 1 is 1.24 bits per heavy atom. The normalized spacial score (nSPS) is 25.1. The van der Waals surface area contributed by atoms with Gasteiger partial charge in [-0.25, -0.2) is 0 Å². The molecule has 0 aliphatic carbocycles. The van der Waals surface area contributed by atoms with E-state index in [1.54, 1.807) is 14.2 Å². The monoisotopic (exact) mass is 310 g/mol. The Bertz CT molecular complexity index is 509. The molecule has 0 amide bonds. The van der Waals surface area contributed by atoms with Gasteiger partial charge in [0, 0.05) is 25.2 Å². The van der Waals surface area contributed by atoms with Gasteiger partial charge in [-0.15, -0.1) is 0 Å². The quantitative estimate of drug-likeness (QED) is 0.906. The highest BCUT2D eigenvalue weighted by atomic mass is 35.5. The van der Waals surface area contributed by atoms with Gasteiger partial charge >= 0.3 is 0 Å². The van der Waals surface area contributed by atoms with Crippen molar-refractivity contribution < 1.29 is 9.47 Å². The van der Waals surface area contributed by atoms with Crippen LogP contribution in [0.2, 0.25) is 5.02 Å². The molecule has 5 heteroatoms. The van der Waals surface area contributed by atoms with Crippen LogP contribution in [-0.2, 0) is 6.54 Å². The summed E-state index contributed by atoms with van der Waals surface area (Å²) in [6.07, 6.45) is 3.88. The zero-order chi connectivity index (χ0) is 14.8. The van der Waals surface area contributed by atoms with Crippen molar-refractivity contribution in [2.24, 2.45) is 0 Å². The predicted octanol–water partition coefficient (Wildman–Crippen LogP) is 2.68. The molecule has 0 bridgehead atoms. The molecule has 116 valence electrons. The molecule has 2 aliphatic rings. The SMILES string of the molecule is COc1ccc(CNC2CCN3CCCC23)c(Cl)c1OC. The van der Waals surface area contributed by atoms with Gasteiger partial charge in [0.2, 0.25) is 0 Å². The molecule has 0 aromatic heterocycles. The molecule has 2 atom stereocenters. The topological polar surface area (TPSA) is 33.7 Å². The maximum absolute atomic E-state index is 6.43. The number of benzene rings is 1. The number of hydrogen-bond donors (Lipinski definition) is 1. The van der Waals surface area contributed by atoms with E-state index in [1.807, 2.05) is 12.1 Å². The molecule has 2 heterocycles. The van der Waals surface area contributed by atoms with Crippen LogP contribution in [0.3, 0.4) is 0 Å². The molecule has 1 aromatic rings. The summed E-state index contributed by atoms with van der Waals surface area (Å²) < 4.78 is 10.6. The van der Waals surface area contributed by atoms with Crippen LogP contribution in [0.15, 0.2) is 12.1 Å². The lowest BCUT2D eigenvalue weighted by Crippen LogP contribution is -2.38. The molecule has 1 N–H and O–H groups in total. The lowest BCUT2D eigenvalue weighted by molar-refractivity contribution is 0.298. The van der Waals surface area contributed by atoms with E-state index >= 15 is 0 Å². The van der Waals surface area contributed by atoms with E-state index in [1.165, 1.54) is 32.4 Å². The molecule has 0 radical (unpaired) electrons. The van der Waals surface area contributed by atoms with Crippen molar-refractivity contribution in [2.45, 2.75) is 37.9 Å². The Balaban J connectivity index is 1.68. The van der Waals surface area contributed by atoms with Gasteiger partial charge in [-0.2, -0.15) is 0 Å². The van der Waals surface area contributed by atoms with Gasteiger partial charge in [-0.1, -0.05) is 17.7 Å². The van der Waals surface area contributed by atoms with Crippen molar-refractivity contribution in [3.63, 3.8) is 0 Å². The lowest BCUT2D eigenvalue weighted by Gasteiger charge is -2.22. The van der Waals surface area contributed by atoms with E-state index < -0.39 is 0 Å². The van der Waals surface area contributed by atoms with Crippen LogP contribution in [-0.4, -0.2) is 44.3 Å². The van der Waals surface area contributed by atoms with Crippen LogP contribution in [0.4, 0.5) is 0 Å². The number of hydrogen-bond acceptors (Lipinski definition) is 4. The van der Waals surface area contributed by atoms with Crippen LogP contribution in [0, 0.1) is 0 Å². The molecule has 2 fully saturated rings. The number of fused-ring (bicyclic) bond motifs is 1. The number of nitrogens with one attached hydrogen (secondary N) is 1. The van der Waals surface area contributed by atoms with E-state index in [2.05, 4.69) is 10.2 Å². The molecule has 4 nitrogen and oxygen atoms in total. The molecule has 2 unspecified atom stereocenters. The van der Waals surface area contributed by atoms with Crippen molar-refractivity contribution in [1.29, 1.82) is 0 Å². The predicted molar refractivity (Wildman–Crippen MR) is 84.4 cm³/mol. The third-order valence-electron chi connectivity index (χ3n) is 4.73. The minimum Gasteiger partial charge on any atom is -0.493 e. The van der Waals surface area contributed by atoms with Gasteiger partial charge in [0.05, 0.1) is 19.2 Å². The average molecular weight is 311 g/mol. The van der Waals surface area contributed by atoms with Crippen LogP contribution in [0.5, 0.6) is 11.5 Å². The largest absolute Gasteiger partial charge is 0.493 e. The summed E-state index contributed by atoms with van der Waals surface area (Å²) >= 11 is 6.43. The molecular weight excluding hydrogens is 288 g/mol. The molecule has 0 spiro atoms. The van der Waals surface area contributed by atoms with Gasteiger partial charge in [-0.3, -0.25) is 4.90 Å². The first-order chi connectivity index (χ1) is 10.2. The number of nitrogens with zero attached hydrogens (tertiary/aromatic N) is 1. The third kappa shape index (κ3) is 2.85. The van der Waals surface area contributed by atoms with E-state index in [9.17, 15) is 0 Å². The second-order valence-electron chi connectivity index (χ2n) is 5.80. The number of methoxy groups -OCH3 is 2. The minimum absolute atomic E-state index is 0.580. The molecule has 3 rings (SSSR count). The van der Waals surface area contributed by atoms with Crippen molar-refractivity contribution in [3.8, 4) is 11.5 Å². The summed E-state index contributed by atoms with van der Waals surface area (Å²) in [5, 5.41) is 4.32. The fourth-order valence-electron chi connectivity index (χ4n) is 3.63. The highest BCUT2D eigenvalue weighted by Gasteiger charge is 2.36. The van der Waals surface area contributed by atoms with Crippen molar-refractivity contribution in [3.05, 3.63) is 22.7 Å². The number of halogens is 1. The Hall–Kier alpha value is -0.970. The first-order valence-electron chi connectivity index (χ1n) is 7.61. The Labute approximate surface area is 131 Å². The van der Waals surface area contributed by atoms with Crippen LogP contribution in [0.1, 0.15) is 24.8 Å². The van der Waals surface area contributed by atoms with Crippen LogP contribution in [0.25, 0.3) is 0 Å². The molecule has 2 saturated heterocycles. The molecule has 2 aliphatic heterocycles. The summed E-state index contributed by atoms with van der Waals surface area (Å²) in [4.78, 5) is 2.61. The highest BCUT2D eigenvalue weighted by Crippen LogP contribution is 2.37. The minimum atomic E-state index is 0.580. The van der Waals surface area contributed by atoms with Gasteiger partial charge in [0.1, 0.15) is 0 Å². The maximum atomic E-state index is 6.43. The molecular formula is C16H23ClN2O2. The van der Waals surface area contributed by atoms with Crippen molar-refractivity contribution >= 4 is 11.6 Å². The average Bonchev–Trinajstić information content (AvgIpc) is 3.09. The van der Waals surface area contributed by atoms with E-state index in [-0.39, 0.29) is 0 Å². The van der Waals surface area contributed by atoms with Crippen LogP contribution < -0.4 is 14.8 Å². The second-order valence-corrected chi connectivity index (χ2v) is 6.17. The standard InChI is InChI=1S/C16H23ClN2O2/c1-20-14-6-5-11(15(17)16(14)21-2)10-18-12-7-9-19-8-3-4-13(12)19/h5-6,12-13,18H,3-4,7-10H2,1-2H3. The second kappa shape index (κ2) is 6.42. The summed E-state index contributed by atoms with van der Waals surface area (Å²) in [6.45, 7) is 3.26. The van der Waals surface area contributed by atoms with Gasteiger partial charge in [-0.05, 0) is 37.4 Å². The Kier molecular flexibility index (Phi) is 4.57. The molecule has 0 saturated carbocycles. The van der Waals surface area contributed by atoms with E-state index in [0.717, 1.165) is 12.1 Å². The molecule has 21 heavy (non-hydrogen) atoms. The van der Waals surface area contributed by atoms with Gasteiger partial charge in [0.15, 0.2) is 11.5 Å².